The second-order valence-electron chi connectivity index (χ2n) is 6.59. The van der Waals surface area contributed by atoms with E-state index in [0.717, 1.165) is 6.42 Å². The van der Waals surface area contributed by atoms with Crippen LogP contribution < -0.4 is 10.6 Å². The van der Waals surface area contributed by atoms with Gasteiger partial charge in [-0.1, -0.05) is 91.0 Å². The number of hydrogen-bond acceptors (Lipinski definition) is 1. The number of likely N-dealkylation sites (N-methyl/N-ethyl adjacent to an activating group) is 1. The van der Waals surface area contributed by atoms with Crippen LogP contribution in [0, 0.1) is 0 Å². The van der Waals surface area contributed by atoms with E-state index >= 15 is 0 Å². The minimum absolute atomic E-state index is 0.361. The molecule has 0 aliphatic carbocycles. The van der Waals surface area contributed by atoms with Gasteiger partial charge in [0, 0.05) is 6.04 Å². The summed E-state index contributed by atoms with van der Waals surface area (Å²) in [7, 11) is 4.05. The Morgan fingerprint density at radius 3 is 1.56 bits per heavy atom. The third-order valence-corrected chi connectivity index (χ3v) is 7.20. The van der Waals surface area contributed by atoms with E-state index in [-0.39, 0.29) is 7.92 Å². The van der Waals surface area contributed by atoms with Crippen molar-refractivity contribution in [2.75, 3.05) is 20.3 Å². The van der Waals surface area contributed by atoms with Crippen LogP contribution in [0.25, 0.3) is 0 Å². The lowest BCUT2D eigenvalue weighted by Gasteiger charge is -2.29. The van der Waals surface area contributed by atoms with Crippen molar-refractivity contribution in [3.8, 4) is 0 Å². The predicted octanol–water partition coefficient (Wildman–Crippen LogP) is 4.29. The monoisotopic (exact) mass is 347 g/mol. The average Bonchev–Trinajstić information content (AvgIpc) is 2.67. The molecule has 3 aromatic carbocycles. The van der Waals surface area contributed by atoms with Gasteiger partial charge in [0.1, 0.15) is 0 Å². The molecular weight excluding hydrogens is 321 g/mol. The second-order valence-corrected chi connectivity index (χ2v) is 8.84. The van der Waals surface area contributed by atoms with Crippen LogP contribution in [-0.2, 0) is 6.42 Å². The Bertz CT molecular complexity index is 701. The Balaban J connectivity index is 1.87. The van der Waals surface area contributed by atoms with Crippen LogP contribution >= 0.6 is 7.92 Å². The summed E-state index contributed by atoms with van der Waals surface area (Å²) >= 11 is 0. The lowest BCUT2D eigenvalue weighted by Crippen LogP contribution is -2.35. The first-order valence-electron chi connectivity index (χ1n) is 8.82. The van der Waals surface area contributed by atoms with Gasteiger partial charge in [0.25, 0.3) is 0 Å². The van der Waals surface area contributed by atoms with Gasteiger partial charge in [-0.15, -0.1) is 0 Å². The van der Waals surface area contributed by atoms with Crippen LogP contribution in [0.5, 0.6) is 0 Å². The quantitative estimate of drug-likeness (QED) is 0.576. The number of nitrogens with zero attached hydrogens (tertiary/aromatic N) is 1. The Labute approximate surface area is 153 Å². The van der Waals surface area contributed by atoms with Crippen molar-refractivity contribution in [3.05, 3.63) is 96.6 Å². The molecule has 0 saturated heterocycles. The van der Waals surface area contributed by atoms with Crippen molar-refractivity contribution in [2.45, 2.75) is 12.5 Å². The maximum Gasteiger partial charge on any atom is 0.0175 e. The molecule has 1 nitrogen and oxygen atoms in total. The van der Waals surface area contributed by atoms with Gasteiger partial charge in [0.05, 0.1) is 0 Å². The van der Waals surface area contributed by atoms with Crippen LogP contribution in [0.15, 0.2) is 91.0 Å². The fourth-order valence-corrected chi connectivity index (χ4v) is 5.74. The molecule has 0 spiro atoms. The van der Waals surface area contributed by atoms with Gasteiger partial charge < -0.3 is 4.90 Å². The number of hydrogen-bond donors (Lipinski definition) is 0. The number of rotatable bonds is 7. The van der Waals surface area contributed by atoms with Crippen molar-refractivity contribution in [3.63, 3.8) is 0 Å². The Hall–Kier alpha value is -1.95. The van der Waals surface area contributed by atoms with E-state index < -0.39 is 0 Å². The van der Waals surface area contributed by atoms with Crippen LogP contribution in [0.4, 0.5) is 0 Å². The highest BCUT2D eigenvalue weighted by atomic mass is 31.1. The van der Waals surface area contributed by atoms with Gasteiger partial charge in [-0.25, -0.2) is 0 Å². The summed E-state index contributed by atoms with van der Waals surface area (Å²) < 4.78 is 0. The highest BCUT2D eigenvalue weighted by molar-refractivity contribution is 7.73. The van der Waals surface area contributed by atoms with E-state index in [1.807, 2.05) is 0 Å². The third-order valence-electron chi connectivity index (χ3n) is 4.57. The molecule has 0 aromatic heterocycles. The number of benzene rings is 3. The molecule has 0 radical (unpaired) electrons. The van der Waals surface area contributed by atoms with E-state index in [1.165, 1.54) is 22.3 Å². The molecule has 25 heavy (non-hydrogen) atoms. The van der Waals surface area contributed by atoms with Crippen LogP contribution in [0.3, 0.4) is 0 Å². The SMILES string of the molecule is CN(C)[C@@H](Cc1ccccc1)CP(c1ccccc1)c1ccccc1. The smallest absolute Gasteiger partial charge is 0.0175 e. The molecule has 0 amide bonds. The van der Waals surface area contributed by atoms with Crippen LogP contribution in [0.2, 0.25) is 0 Å². The molecule has 0 saturated carbocycles. The zero-order valence-corrected chi connectivity index (χ0v) is 15.9. The van der Waals surface area contributed by atoms with Crippen LogP contribution in [-0.4, -0.2) is 31.2 Å². The van der Waals surface area contributed by atoms with E-state index in [1.54, 1.807) is 0 Å². The van der Waals surface area contributed by atoms with Crippen molar-refractivity contribution in [1.29, 1.82) is 0 Å². The minimum atomic E-state index is -0.361. The molecule has 0 unspecified atom stereocenters. The van der Waals surface area contributed by atoms with Gasteiger partial charge >= 0.3 is 0 Å². The fraction of sp³-hybridized carbons (Fsp3) is 0.217. The molecule has 0 fully saturated rings. The molecule has 0 heterocycles. The first kappa shape index (κ1) is 17.9. The summed E-state index contributed by atoms with van der Waals surface area (Å²) in [4.78, 5) is 2.38. The second kappa shape index (κ2) is 8.94. The summed E-state index contributed by atoms with van der Waals surface area (Å²) in [6, 6.07) is 33.4. The maximum absolute atomic E-state index is 2.38. The Morgan fingerprint density at radius 1 is 0.680 bits per heavy atom. The van der Waals surface area contributed by atoms with E-state index in [2.05, 4.69) is 110 Å². The Morgan fingerprint density at radius 2 is 1.12 bits per heavy atom. The molecule has 0 N–H and O–H groups in total. The summed E-state index contributed by atoms with van der Waals surface area (Å²) in [5.41, 5.74) is 1.41. The van der Waals surface area contributed by atoms with Crippen molar-refractivity contribution in [2.24, 2.45) is 0 Å². The zero-order valence-electron chi connectivity index (χ0n) is 15.0. The molecule has 3 rings (SSSR count). The highest BCUT2D eigenvalue weighted by Crippen LogP contribution is 2.35. The van der Waals surface area contributed by atoms with Crippen LogP contribution in [0.1, 0.15) is 5.56 Å². The van der Waals surface area contributed by atoms with Gasteiger partial charge in [-0.05, 0) is 50.8 Å². The standard InChI is InChI=1S/C23H26NP/c1-24(2)21(18-20-12-6-3-7-13-20)19-25(22-14-8-4-9-15-22)23-16-10-5-11-17-23/h3-17,21H,18-19H2,1-2H3/t21-/m0/s1. The van der Waals surface area contributed by atoms with Crippen molar-refractivity contribution in [1.82, 2.24) is 4.90 Å². The highest BCUT2D eigenvalue weighted by Gasteiger charge is 2.21. The first-order valence-corrected chi connectivity index (χ1v) is 10.3. The molecule has 0 bridgehead atoms. The molecule has 0 aliphatic rings. The molecule has 1 atom stereocenters. The van der Waals surface area contributed by atoms with Gasteiger partial charge in [0.15, 0.2) is 0 Å². The predicted molar refractivity (Wildman–Crippen MR) is 112 cm³/mol. The third kappa shape index (κ3) is 5.01. The summed E-state index contributed by atoms with van der Waals surface area (Å²) in [5.74, 6) is 0. The largest absolute Gasteiger partial charge is 0.306 e. The van der Waals surface area contributed by atoms with Crippen molar-refractivity contribution >= 4 is 18.5 Å². The van der Waals surface area contributed by atoms with E-state index in [9.17, 15) is 0 Å². The van der Waals surface area contributed by atoms with Gasteiger partial charge in [0.2, 0.25) is 0 Å². The minimum Gasteiger partial charge on any atom is -0.306 e. The Kier molecular flexibility index (Phi) is 6.39. The molecule has 3 aromatic rings. The maximum atomic E-state index is 2.38. The van der Waals surface area contributed by atoms with Gasteiger partial charge in [-0.3, -0.25) is 0 Å². The molecule has 2 heteroatoms. The summed E-state index contributed by atoms with van der Waals surface area (Å²) in [5, 5.41) is 2.92. The molecule has 128 valence electrons. The fourth-order valence-electron chi connectivity index (χ4n) is 3.08. The zero-order chi connectivity index (χ0) is 17.5. The molecular formula is C23H26NP. The van der Waals surface area contributed by atoms with E-state index in [0.29, 0.717) is 6.04 Å². The molecule has 0 aliphatic heterocycles. The average molecular weight is 347 g/mol. The topological polar surface area (TPSA) is 3.24 Å². The lowest BCUT2D eigenvalue weighted by molar-refractivity contribution is 0.316. The first-order chi connectivity index (χ1) is 12.2. The normalized spacial score (nSPS) is 12.5. The summed E-state index contributed by atoms with van der Waals surface area (Å²) in [6.45, 7) is 0. The summed E-state index contributed by atoms with van der Waals surface area (Å²) in [6.07, 6.45) is 2.26. The van der Waals surface area contributed by atoms with Gasteiger partial charge in [-0.2, -0.15) is 0 Å². The van der Waals surface area contributed by atoms with E-state index in [4.69, 9.17) is 0 Å². The lowest BCUT2D eigenvalue weighted by atomic mass is 10.1. The van der Waals surface area contributed by atoms with Crippen molar-refractivity contribution < 1.29 is 0 Å².